The van der Waals surface area contributed by atoms with E-state index in [0.29, 0.717) is 13.1 Å². The van der Waals surface area contributed by atoms with E-state index in [9.17, 15) is 9.59 Å². The van der Waals surface area contributed by atoms with Crippen LogP contribution in [0, 0.1) is 5.92 Å². The van der Waals surface area contributed by atoms with E-state index in [-0.39, 0.29) is 30.3 Å². The van der Waals surface area contributed by atoms with Crippen molar-refractivity contribution in [2.24, 2.45) is 11.7 Å². The van der Waals surface area contributed by atoms with Crippen LogP contribution >= 0.6 is 0 Å². The summed E-state index contributed by atoms with van der Waals surface area (Å²) in [6.07, 6.45) is 5.05. The molecule has 1 saturated carbocycles. The molecule has 110 valence electrons. The minimum atomic E-state index is -0.132. The number of carbonyl (C=O) groups is 2. The molecule has 5 heteroatoms. The van der Waals surface area contributed by atoms with Gasteiger partial charge in [-0.05, 0) is 26.7 Å². The Morgan fingerprint density at radius 2 is 1.79 bits per heavy atom. The van der Waals surface area contributed by atoms with Gasteiger partial charge in [-0.1, -0.05) is 19.3 Å². The van der Waals surface area contributed by atoms with Gasteiger partial charge >= 0.3 is 0 Å². The first-order valence-corrected chi connectivity index (χ1v) is 7.41. The highest BCUT2D eigenvalue weighted by molar-refractivity contribution is 5.86. The Balaban J connectivity index is 2.43. The van der Waals surface area contributed by atoms with Crippen molar-refractivity contribution in [2.75, 3.05) is 19.6 Å². The molecule has 0 aromatic carbocycles. The van der Waals surface area contributed by atoms with Gasteiger partial charge in [0, 0.05) is 19.1 Å². The molecule has 0 bridgehead atoms. The Kier molecular flexibility index (Phi) is 6.84. The van der Waals surface area contributed by atoms with Gasteiger partial charge < -0.3 is 16.0 Å². The summed E-state index contributed by atoms with van der Waals surface area (Å²) >= 11 is 0. The lowest BCUT2D eigenvalue weighted by atomic mass is 9.94. The molecule has 0 radical (unpaired) electrons. The number of amides is 2. The summed E-state index contributed by atoms with van der Waals surface area (Å²) in [5.74, 6) is -0.220. The van der Waals surface area contributed by atoms with Crippen LogP contribution in [0.1, 0.15) is 46.0 Å². The minimum absolute atomic E-state index is 0.0273. The van der Waals surface area contributed by atoms with E-state index in [1.54, 1.807) is 4.90 Å². The first-order chi connectivity index (χ1) is 9.10. The Labute approximate surface area is 115 Å². The average Bonchev–Trinajstić information content (AvgIpc) is 2.62. The highest BCUT2D eigenvalue weighted by atomic mass is 16.2. The quantitative estimate of drug-likeness (QED) is 0.727. The Morgan fingerprint density at radius 3 is 2.42 bits per heavy atom. The van der Waals surface area contributed by atoms with E-state index in [1.807, 2.05) is 13.8 Å². The van der Waals surface area contributed by atoms with E-state index in [1.165, 1.54) is 0 Å². The van der Waals surface area contributed by atoms with Gasteiger partial charge in [-0.3, -0.25) is 9.59 Å². The zero-order chi connectivity index (χ0) is 14.3. The molecule has 0 heterocycles. The van der Waals surface area contributed by atoms with Crippen molar-refractivity contribution in [2.45, 2.75) is 52.0 Å². The molecule has 0 aromatic heterocycles. The largest absolute Gasteiger partial charge is 0.347 e. The minimum Gasteiger partial charge on any atom is -0.347 e. The fourth-order valence-corrected chi connectivity index (χ4v) is 2.64. The lowest BCUT2D eigenvalue weighted by Crippen LogP contribution is -2.45. The SMILES string of the molecule is CCN(CC)C(=O)CNC(=O)C1CCCCCC1N. The van der Waals surface area contributed by atoms with E-state index >= 15 is 0 Å². The topological polar surface area (TPSA) is 75.4 Å². The lowest BCUT2D eigenvalue weighted by Gasteiger charge is -2.22. The molecule has 19 heavy (non-hydrogen) atoms. The number of rotatable bonds is 5. The van der Waals surface area contributed by atoms with E-state index in [0.717, 1.165) is 32.1 Å². The van der Waals surface area contributed by atoms with Crippen molar-refractivity contribution < 1.29 is 9.59 Å². The maximum absolute atomic E-state index is 12.1. The fourth-order valence-electron chi connectivity index (χ4n) is 2.64. The molecule has 2 atom stereocenters. The van der Waals surface area contributed by atoms with Crippen molar-refractivity contribution >= 4 is 11.8 Å². The lowest BCUT2D eigenvalue weighted by molar-refractivity contribution is -0.134. The number of hydrogen-bond acceptors (Lipinski definition) is 3. The summed E-state index contributed by atoms with van der Waals surface area (Å²) in [5, 5.41) is 2.75. The summed E-state index contributed by atoms with van der Waals surface area (Å²) in [7, 11) is 0. The Bertz CT molecular complexity index is 303. The van der Waals surface area contributed by atoms with E-state index in [2.05, 4.69) is 5.32 Å². The summed E-state index contributed by atoms with van der Waals surface area (Å²) in [4.78, 5) is 25.6. The second-order valence-electron chi connectivity index (χ2n) is 5.19. The second-order valence-corrected chi connectivity index (χ2v) is 5.19. The molecule has 0 aliphatic heterocycles. The molecule has 1 rings (SSSR count). The average molecular weight is 269 g/mol. The number of nitrogens with one attached hydrogen (secondary N) is 1. The molecule has 1 fully saturated rings. The maximum Gasteiger partial charge on any atom is 0.241 e. The number of nitrogens with zero attached hydrogens (tertiary/aromatic N) is 1. The molecule has 5 nitrogen and oxygen atoms in total. The Morgan fingerprint density at radius 1 is 1.16 bits per heavy atom. The molecular weight excluding hydrogens is 242 g/mol. The van der Waals surface area contributed by atoms with Crippen molar-refractivity contribution in [3.63, 3.8) is 0 Å². The van der Waals surface area contributed by atoms with Crippen molar-refractivity contribution in [1.29, 1.82) is 0 Å². The predicted molar refractivity (Wildman–Crippen MR) is 75.5 cm³/mol. The standard InChI is InChI=1S/C14H27N3O2/c1-3-17(4-2)13(18)10-16-14(19)11-8-6-5-7-9-12(11)15/h11-12H,3-10,15H2,1-2H3,(H,16,19). The number of nitrogens with two attached hydrogens (primary N) is 1. The normalized spacial score (nSPS) is 23.5. The predicted octanol–water partition coefficient (Wildman–Crippen LogP) is 0.879. The number of likely N-dealkylation sites (N-methyl/N-ethyl adjacent to an activating group) is 1. The summed E-state index contributed by atoms with van der Waals surface area (Å²) in [6, 6.07) is -0.0638. The van der Waals surface area contributed by atoms with Crippen LogP contribution in [0.25, 0.3) is 0 Å². The van der Waals surface area contributed by atoms with Gasteiger partial charge in [0.05, 0.1) is 12.5 Å². The highest BCUT2D eigenvalue weighted by Crippen LogP contribution is 2.22. The summed E-state index contributed by atoms with van der Waals surface area (Å²) < 4.78 is 0. The molecule has 3 N–H and O–H groups in total. The molecule has 1 aliphatic carbocycles. The Hall–Kier alpha value is -1.10. The highest BCUT2D eigenvalue weighted by Gasteiger charge is 2.27. The van der Waals surface area contributed by atoms with Crippen molar-refractivity contribution in [1.82, 2.24) is 10.2 Å². The van der Waals surface area contributed by atoms with Crippen LogP contribution in [0.15, 0.2) is 0 Å². The van der Waals surface area contributed by atoms with Gasteiger partial charge in [0.1, 0.15) is 0 Å². The van der Waals surface area contributed by atoms with Gasteiger partial charge in [-0.15, -0.1) is 0 Å². The first-order valence-electron chi connectivity index (χ1n) is 7.41. The summed E-state index contributed by atoms with van der Waals surface area (Å²) in [5.41, 5.74) is 6.04. The van der Waals surface area contributed by atoms with Gasteiger partial charge in [0.15, 0.2) is 0 Å². The molecule has 1 aliphatic rings. The van der Waals surface area contributed by atoms with Crippen LogP contribution in [-0.4, -0.2) is 42.4 Å². The monoisotopic (exact) mass is 269 g/mol. The molecular formula is C14H27N3O2. The third-order valence-corrected chi connectivity index (χ3v) is 3.94. The van der Waals surface area contributed by atoms with Crippen LogP contribution in [0.3, 0.4) is 0 Å². The van der Waals surface area contributed by atoms with E-state index < -0.39 is 0 Å². The first kappa shape index (κ1) is 16.0. The van der Waals surface area contributed by atoms with Gasteiger partial charge in [0.2, 0.25) is 11.8 Å². The zero-order valence-corrected chi connectivity index (χ0v) is 12.2. The van der Waals surface area contributed by atoms with Gasteiger partial charge in [-0.2, -0.15) is 0 Å². The third-order valence-electron chi connectivity index (χ3n) is 3.94. The second kappa shape index (κ2) is 8.15. The zero-order valence-electron chi connectivity index (χ0n) is 12.2. The van der Waals surface area contributed by atoms with Crippen LogP contribution in [-0.2, 0) is 9.59 Å². The maximum atomic E-state index is 12.1. The molecule has 0 spiro atoms. The van der Waals surface area contributed by atoms with Crippen LogP contribution in [0.4, 0.5) is 0 Å². The van der Waals surface area contributed by atoms with Crippen molar-refractivity contribution in [3.8, 4) is 0 Å². The number of carbonyl (C=O) groups excluding carboxylic acids is 2. The molecule has 0 saturated heterocycles. The fraction of sp³-hybridized carbons (Fsp3) is 0.857. The van der Waals surface area contributed by atoms with Crippen LogP contribution in [0.2, 0.25) is 0 Å². The third kappa shape index (κ3) is 4.82. The van der Waals surface area contributed by atoms with Gasteiger partial charge in [-0.25, -0.2) is 0 Å². The van der Waals surface area contributed by atoms with E-state index in [4.69, 9.17) is 5.73 Å². The molecule has 2 amide bonds. The summed E-state index contributed by atoms with van der Waals surface area (Å²) in [6.45, 7) is 5.31. The van der Waals surface area contributed by atoms with Crippen LogP contribution < -0.4 is 11.1 Å². The van der Waals surface area contributed by atoms with Crippen molar-refractivity contribution in [3.05, 3.63) is 0 Å². The smallest absolute Gasteiger partial charge is 0.241 e. The van der Waals surface area contributed by atoms with Crippen LogP contribution in [0.5, 0.6) is 0 Å². The number of hydrogen-bond donors (Lipinski definition) is 2. The molecule has 2 unspecified atom stereocenters. The molecule has 0 aromatic rings. The van der Waals surface area contributed by atoms with Gasteiger partial charge in [0.25, 0.3) is 0 Å².